The number of nitrogens with one attached hydrogen (secondary N) is 1. The van der Waals surface area contributed by atoms with Crippen LogP contribution >= 0.6 is 43.2 Å². The second kappa shape index (κ2) is 10.4. The lowest BCUT2D eigenvalue weighted by atomic mass is 10.2. The Balaban J connectivity index is 1.51. The van der Waals surface area contributed by atoms with Gasteiger partial charge in [-0.3, -0.25) is 0 Å². The summed E-state index contributed by atoms with van der Waals surface area (Å²) < 4.78 is 36.9. The predicted molar refractivity (Wildman–Crippen MR) is 139 cm³/mol. The SMILES string of the molecule is COCCc1nc2c(N)nc3ccccc3c2n1CCCCNS(=O)(=O)c1cc(Br)c(Br)s1. The predicted octanol–water partition coefficient (Wildman–Crippen LogP) is 4.70. The smallest absolute Gasteiger partial charge is 0.250 e. The van der Waals surface area contributed by atoms with E-state index in [0.717, 1.165) is 36.9 Å². The van der Waals surface area contributed by atoms with Crippen molar-refractivity contribution in [2.75, 3.05) is 26.0 Å². The number of aryl methyl sites for hydroxylation is 1. The van der Waals surface area contributed by atoms with E-state index in [9.17, 15) is 8.42 Å². The van der Waals surface area contributed by atoms with E-state index in [1.165, 1.54) is 11.3 Å². The van der Waals surface area contributed by atoms with Gasteiger partial charge in [0.25, 0.3) is 0 Å². The lowest BCUT2D eigenvalue weighted by molar-refractivity contribution is 0.199. The van der Waals surface area contributed by atoms with Crippen molar-refractivity contribution >= 4 is 81.0 Å². The van der Waals surface area contributed by atoms with E-state index in [1.54, 1.807) is 13.2 Å². The number of pyridine rings is 1. The standard InChI is InChI=1S/C21H23Br2N5O3S2/c1-31-11-8-16-27-18-19(13-6-2-3-7-15(13)26-21(18)24)28(16)10-5-4-9-25-33(29,30)17-12-14(22)20(23)32-17/h2-3,6-7,12,25H,4-5,8-11H2,1H3,(H2,24,26). The van der Waals surface area contributed by atoms with Gasteiger partial charge in [-0.05, 0) is 56.8 Å². The first-order valence-electron chi connectivity index (χ1n) is 10.3. The summed E-state index contributed by atoms with van der Waals surface area (Å²) in [5.41, 5.74) is 8.69. The summed E-state index contributed by atoms with van der Waals surface area (Å²) >= 11 is 7.84. The molecule has 12 heteroatoms. The van der Waals surface area contributed by atoms with Crippen molar-refractivity contribution in [1.29, 1.82) is 0 Å². The highest BCUT2D eigenvalue weighted by Gasteiger charge is 2.19. The molecule has 0 aliphatic rings. The highest BCUT2D eigenvalue weighted by Crippen LogP contribution is 2.34. The highest BCUT2D eigenvalue weighted by atomic mass is 79.9. The van der Waals surface area contributed by atoms with Gasteiger partial charge in [0, 0.05) is 36.5 Å². The number of para-hydroxylation sites is 1. The van der Waals surface area contributed by atoms with Crippen LogP contribution in [-0.2, 0) is 27.7 Å². The molecule has 0 unspecified atom stereocenters. The molecule has 0 saturated carbocycles. The number of ether oxygens (including phenoxy) is 1. The summed E-state index contributed by atoms with van der Waals surface area (Å²) in [6.45, 7) is 1.57. The largest absolute Gasteiger partial charge is 0.384 e. The zero-order chi connectivity index (χ0) is 23.6. The summed E-state index contributed by atoms with van der Waals surface area (Å²) in [5, 5.41) is 0.993. The lowest BCUT2D eigenvalue weighted by Crippen LogP contribution is -2.24. The maximum absolute atomic E-state index is 12.5. The number of unbranched alkanes of at least 4 members (excludes halogenated alkanes) is 1. The Morgan fingerprint density at radius 1 is 1.21 bits per heavy atom. The number of nitrogens with two attached hydrogens (primary N) is 1. The number of imidazole rings is 1. The lowest BCUT2D eigenvalue weighted by Gasteiger charge is -2.11. The quantitative estimate of drug-likeness (QED) is 0.250. The van der Waals surface area contributed by atoms with Crippen LogP contribution in [0.4, 0.5) is 5.82 Å². The fourth-order valence-corrected chi connectivity index (χ4v) is 7.60. The summed E-state index contributed by atoms with van der Waals surface area (Å²) in [7, 11) is -1.88. The molecule has 33 heavy (non-hydrogen) atoms. The van der Waals surface area contributed by atoms with E-state index in [0.29, 0.717) is 43.9 Å². The topological polar surface area (TPSA) is 112 Å². The van der Waals surface area contributed by atoms with Gasteiger partial charge in [-0.1, -0.05) is 18.2 Å². The molecule has 0 bridgehead atoms. The molecule has 0 fully saturated rings. The van der Waals surface area contributed by atoms with E-state index in [-0.39, 0.29) is 4.21 Å². The molecular formula is C21H23Br2N5O3S2. The van der Waals surface area contributed by atoms with Crippen LogP contribution in [0.5, 0.6) is 0 Å². The summed E-state index contributed by atoms with van der Waals surface area (Å²) in [6, 6.07) is 9.47. The third kappa shape index (κ3) is 5.25. The number of fused-ring (bicyclic) bond motifs is 3. The average molecular weight is 617 g/mol. The Morgan fingerprint density at radius 2 is 2.00 bits per heavy atom. The van der Waals surface area contributed by atoms with Crippen molar-refractivity contribution in [3.05, 3.63) is 44.4 Å². The minimum Gasteiger partial charge on any atom is -0.384 e. The number of hydrogen-bond acceptors (Lipinski definition) is 7. The molecule has 0 radical (unpaired) electrons. The first-order chi connectivity index (χ1) is 15.8. The number of nitrogen functional groups attached to an aromatic ring is 1. The highest BCUT2D eigenvalue weighted by molar-refractivity contribution is 9.13. The molecule has 3 N–H and O–H groups in total. The normalized spacial score (nSPS) is 12.2. The maximum Gasteiger partial charge on any atom is 0.250 e. The van der Waals surface area contributed by atoms with E-state index >= 15 is 0 Å². The molecule has 0 spiro atoms. The molecule has 176 valence electrons. The molecule has 0 aliphatic carbocycles. The first-order valence-corrected chi connectivity index (χ1v) is 14.2. The number of thiophene rings is 1. The van der Waals surface area contributed by atoms with Gasteiger partial charge < -0.3 is 15.0 Å². The number of rotatable bonds is 10. The number of sulfonamides is 1. The second-order valence-corrected chi connectivity index (χ2v) is 12.6. The number of halogens is 2. The number of aromatic nitrogens is 3. The maximum atomic E-state index is 12.5. The average Bonchev–Trinajstić information content (AvgIpc) is 3.33. The summed E-state index contributed by atoms with van der Waals surface area (Å²) in [5.74, 6) is 1.28. The van der Waals surface area contributed by atoms with Gasteiger partial charge in [0.1, 0.15) is 15.6 Å². The van der Waals surface area contributed by atoms with Crippen LogP contribution in [-0.4, -0.2) is 43.2 Å². The van der Waals surface area contributed by atoms with Crippen molar-refractivity contribution in [2.45, 2.75) is 30.0 Å². The molecule has 8 nitrogen and oxygen atoms in total. The van der Waals surface area contributed by atoms with Crippen LogP contribution in [0.2, 0.25) is 0 Å². The number of nitrogens with zero attached hydrogens (tertiary/aromatic N) is 3. The molecule has 0 amide bonds. The first kappa shape index (κ1) is 24.6. The Kier molecular flexibility index (Phi) is 7.71. The molecule has 0 atom stereocenters. The Morgan fingerprint density at radius 3 is 2.73 bits per heavy atom. The van der Waals surface area contributed by atoms with Gasteiger partial charge in [-0.25, -0.2) is 23.1 Å². The van der Waals surface area contributed by atoms with Crippen LogP contribution < -0.4 is 10.5 Å². The number of benzene rings is 1. The van der Waals surface area contributed by atoms with E-state index in [4.69, 9.17) is 15.5 Å². The molecule has 4 rings (SSSR count). The summed E-state index contributed by atoms with van der Waals surface area (Å²) in [6.07, 6.45) is 2.09. The minimum absolute atomic E-state index is 0.276. The van der Waals surface area contributed by atoms with Crippen LogP contribution in [0.3, 0.4) is 0 Å². The van der Waals surface area contributed by atoms with E-state index < -0.39 is 10.0 Å². The fraction of sp³-hybridized carbons (Fsp3) is 0.333. The molecule has 1 aromatic carbocycles. The molecule has 3 heterocycles. The number of anilines is 1. The summed E-state index contributed by atoms with van der Waals surface area (Å²) in [4.78, 5) is 9.26. The van der Waals surface area contributed by atoms with Crippen LogP contribution in [0.1, 0.15) is 18.7 Å². The van der Waals surface area contributed by atoms with Crippen LogP contribution in [0, 0.1) is 0 Å². The van der Waals surface area contributed by atoms with Gasteiger partial charge in [-0.15, -0.1) is 11.3 Å². The van der Waals surface area contributed by atoms with Gasteiger partial charge in [0.15, 0.2) is 5.82 Å². The number of methoxy groups -OCH3 is 1. The van der Waals surface area contributed by atoms with Crippen molar-refractivity contribution < 1.29 is 13.2 Å². The monoisotopic (exact) mass is 615 g/mol. The van der Waals surface area contributed by atoms with Gasteiger partial charge in [-0.2, -0.15) is 0 Å². The molecular weight excluding hydrogens is 594 g/mol. The van der Waals surface area contributed by atoms with Crippen molar-refractivity contribution in [1.82, 2.24) is 19.3 Å². The van der Waals surface area contributed by atoms with E-state index in [2.05, 4.69) is 46.1 Å². The van der Waals surface area contributed by atoms with Crippen LogP contribution in [0.25, 0.3) is 21.9 Å². The van der Waals surface area contributed by atoms with Gasteiger partial charge >= 0.3 is 0 Å². The van der Waals surface area contributed by atoms with E-state index in [1.807, 2.05) is 24.3 Å². The number of hydrogen-bond donors (Lipinski definition) is 2. The molecule has 0 aliphatic heterocycles. The zero-order valence-corrected chi connectivity index (χ0v) is 22.7. The second-order valence-electron chi connectivity index (χ2n) is 7.43. The van der Waals surface area contributed by atoms with Crippen molar-refractivity contribution in [3.8, 4) is 0 Å². The van der Waals surface area contributed by atoms with Crippen molar-refractivity contribution in [3.63, 3.8) is 0 Å². The van der Waals surface area contributed by atoms with Crippen LogP contribution in [0.15, 0.2) is 42.8 Å². The molecule has 4 aromatic rings. The minimum atomic E-state index is -3.54. The Hall–Kier alpha value is -1.57. The third-order valence-corrected chi connectivity index (χ3v) is 10.4. The third-order valence-electron chi connectivity index (χ3n) is 5.21. The molecule has 3 aromatic heterocycles. The molecule has 0 saturated heterocycles. The fourth-order valence-electron chi connectivity index (χ4n) is 3.66. The van der Waals surface area contributed by atoms with Crippen molar-refractivity contribution in [2.24, 2.45) is 0 Å². The Bertz CT molecular complexity index is 1380. The van der Waals surface area contributed by atoms with Gasteiger partial charge in [0.05, 0.1) is 21.4 Å². The Labute approximate surface area is 212 Å². The zero-order valence-electron chi connectivity index (χ0n) is 17.8. The van der Waals surface area contributed by atoms with Gasteiger partial charge in [0.2, 0.25) is 10.0 Å².